The van der Waals surface area contributed by atoms with Crippen LogP contribution in [0.2, 0.25) is 0 Å². The second kappa shape index (κ2) is 9.07. The van der Waals surface area contributed by atoms with Crippen molar-refractivity contribution in [3.63, 3.8) is 0 Å². The molecule has 26 heavy (non-hydrogen) atoms. The number of benzene rings is 1. The Bertz CT molecular complexity index is 794. The van der Waals surface area contributed by atoms with Crippen LogP contribution in [-0.2, 0) is 9.59 Å². The molecule has 2 rings (SSSR count). The van der Waals surface area contributed by atoms with Crippen molar-refractivity contribution in [2.75, 3.05) is 13.7 Å². The van der Waals surface area contributed by atoms with Crippen LogP contribution in [-0.4, -0.2) is 31.4 Å². The van der Waals surface area contributed by atoms with Crippen molar-refractivity contribution in [3.8, 4) is 5.75 Å². The first-order chi connectivity index (χ1) is 12.5. The van der Waals surface area contributed by atoms with Crippen LogP contribution in [0.4, 0.5) is 0 Å². The van der Waals surface area contributed by atoms with Crippen molar-refractivity contribution in [2.24, 2.45) is 0 Å². The number of rotatable bonds is 8. The highest BCUT2D eigenvalue weighted by Gasteiger charge is 2.16. The molecule has 8 nitrogen and oxygen atoms in total. The van der Waals surface area contributed by atoms with E-state index in [1.807, 2.05) is 0 Å². The van der Waals surface area contributed by atoms with Gasteiger partial charge in [0.15, 0.2) is 5.76 Å². The van der Waals surface area contributed by atoms with Gasteiger partial charge in [-0.1, -0.05) is 12.1 Å². The molecule has 0 unspecified atom stereocenters. The summed E-state index contributed by atoms with van der Waals surface area (Å²) in [4.78, 5) is 34.9. The van der Waals surface area contributed by atoms with Crippen molar-refractivity contribution < 1.29 is 28.6 Å². The molecule has 0 aliphatic rings. The van der Waals surface area contributed by atoms with Gasteiger partial charge in [0.05, 0.1) is 13.4 Å². The average Bonchev–Trinajstić information content (AvgIpc) is 3.16. The molecule has 0 aliphatic carbocycles. The Hall–Kier alpha value is -3.55. The number of hydrogen-bond acceptors (Lipinski definition) is 6. The van der Waals surface area contributed by atoms with Gasteiger partial charge in [0.2, 0.25) is 0 Å². The van der Waals surface area contributed by atoms with Crippen LogP contribution in [0.25, 0.3) is 6.08 Å². The molecule has 0 bridgehead atoms. The number of methoxy groups -OCH3 is 1. The van der Waals surface area contributed by atoms with Crippen LogP contribution in [0.5, 0.6) is 5.75 Å². The lowest BCUT2D eigenvalue weighted by Crippen LogP contribution is -2.37. The number of carbonyl (C=O) groups is 3. The van der Waals surface area contributed by atoms with Gasteiger partial charge in [-0.2, -0.15) is 0 Å². The SMILES string of the molecule is COc1ccc(/C=C(\NC(=O)c2ccco2)C(=O)NCCC(=O)[O-])cc1. The largest absolute Gasteiger partial charge is 0.550 e. The predicted molar refractivity (Wildman–Crippen MR) is 89.8 cm³/mol. The maximum Gasteiger partial charge on any atom is 0.291 e. The molecule has 0 saturated heterocycles. The predicted octanol–water partition coefficient (Wildman–Crippen LogP) is 0.315. The Labute approximate surface area is 149 Å². The van der Waals surface area contributed by atoms with Crippen molar-refractivity contribution in [1.29, 1.82) is 0 Å². The van der Waals surface area contributed by atoms with Crippen LogP contribution in [0.3, 0.4) is 0 Å². The molecule has 1 aromatic carbocycles. The van der Waals surface area contributed by atoms with Gasteiger partial charge in [0.1, 0.15) is 11.4 Å². The van der Waals surface area contributed by atoms with Crippen molar-refractivity contribution in [3.05, 3.63) is 59.7 Å². The monoisotopic (exact) mass is 357 g/mol. The summed E-state index contributed by atoms with van der Waals surface area (Å²) in [5.74, 6) is -1.85. The molecule has 0 atom stereocenters. The highest BCUT2D eigenvalue weighted by Crippen LogP contribution is 2.14. The second-order valence-electron chi connectivity index (χ2n) is 5.14. The number of carboxylic acids is 1. The van der Waals surface area contributed by atoms with E-state index in [2.05, 4.69) is 10.6 Å². The zero-order valence-electron chi connectivity index (χ0n) is 14.0. The van der Waals surface area contributed by atoms with E-state index in [4.69, 9.17) is 9.15 Å². The van der Waals surface area contributed by atoms with Gasteiger partial charge in [0.25, 0.3) is 11.8 Å². The van der Waals surface area contributed by atoms with E-state index in [1.165, 1.54) is 25.5 Å². The van der Waals surface area contributed by atoms with Gasteiger partial charge in [0, 0.05) is 18.9 Å². The summed E-state index contributed by atoms with van der Waals surface area (Å²) in [5.41, 5.74) is 0.575. The summed E-state index contributed by atoms with van der Waals surface area (Å²) in [6.45, 7) is -0.127. The highest BCUT2D eigenvalue weighted by atomic mass is 16.5. The molecule has 0 aliphatic heterocycles. The van der Waals surface area contributed by atoms with Crippen LogP contribution in [0.1, 0.15) is 22.5 Å². The molecule has 0 spiro atoms. The van der Waals surface area contributed by atoms with Gasteiger partial charge in [-0.25, -0.2) is 0 Å². The van der Waals surface area contributed by atoms with Crippen LogP contribution < -0.4 is 20.5 Å². The van der Waals surface area contributed by atoms with E-state index in [-0.39, 0.29) is 24.4 Å². The molecule has 2 amide bonds. The number of ether oxygens (including phenoxy) is 1. The number of aliphatic carboxylic acids is 1. The average molecular weight is 357 g/mol. The summed E-state index contributed by atoms with van der Waals surface area (Å²) in [6.07, 6.45) is 2.45. The number of amides is 2. The van der Waals surface area contributed by atoms with Gasteiger partial charge >= 0.3 is 0 Å². The minimum atomic E-state index is -1.29. The Morgan fingerprint density at radius 3 is 2.50 bits per heavy atom. The molecule has 2 aromatic rings. The van der Waals surface area contributed by atoms with Gasteiger partial charge in [-0.3, -0.25) is 9.59 Å². The third-order valence-electron chi connectivity index (χ3n) is 3.28. The van der Waals surface area contributed by atoms with Crippen LogP contribution >= 0.6 is 0 Å². The quantitative estimate of drug-likeness (QED) is 0.656. The fourth-order valence-corrected chi connectivity index (χ4v) is 1.99. The summed E-state index contributed by atoms with van der Waals surface area (Å²) in [7, 11) is 1.53. The number of carboxylic acid groups (broad SMARTS) is 1. The first-order valence-corrected chi connectivity index (χ1v) is 7.68. The molecule has 136 valence electrons. The minimum Gasteiger partial charge on any atom is -0.550 e. The highest BCUT2D eigenvalue weighted by molar-refractivity contribution is 6.04. The maximum atomic E-state index is 12.3. The molecule has 0 fully saturated rings. The van der Waals surface area contributed by atoms with Crippen molar-refractivity contribution >= 4 is 23.9 Å². The zero-order valence-corrected chi connectivity index (χ0v) is 14.0. The van der Waals surface area contributed by atoms with E-state index >= 15 is 0 Å². The fraction of sp³-hybridized carbons (Fsp3) is 0.167. The standard InChI is InChI=1S/C18H18N2O6/c1-25-13-6-4-12(5-7-13)11-14(17(23)19-9-8-16(21)22)20-18(24)15-3-2-10-26-15/h2-7,10-11H,8-9H2,1H3,(H,19,23)(H,20,24)(H,21,22)/p-1/b14-11-. The van der Waals surface area contributed by atoms with Gasteiger partial charge < -0.3 is 29.7 Å². The molecule has 2 N–H and O–H groups in total. The summed E-state index contributed by atoms with van der Waals surface area (Å²) in [5, 5.41) is 15.3. The lowest BCUT2D eigenvalue weighted by atomic mass is 10.1. The molecule has 1 heterocycles. The molecule has 8 heteroatoms. The third-order valence-corrected chi connectivity index (χ3v) is 3.28. The van der Waals surface area contributed by atoms with E-state index in [0.717, 1.165) is 0 Å². The molecular weight excluding hydrogens is 340 g/mol. The minimum absolute atomic E-state index is 0.0353. The topological polar surface area (TPSA) is 121 Å². The normalized spacial score (nSPS) is 10.9. The summed E-state index contributed by atoms with van der Waals surface area (Å²) < 4.78 is 10.1. The van der Waals surface area contributed by atoms with Gasteiger partial charge in [-0.15, -0.1) is 0 Å². The molecule has 1 aromatic heterocycles. The molecule has 0 radical (unpaired) electrons. The Kier molecular flexibility index (Phi) is 6.55. The Morgan fingerprint density at radius 1 is 1.19 bits per heavy atom. The lowest BCUT2D eigenvalue weighted by molar-refractivity contribution is -0.305. The Balaban J connectivity index is 2.18. The number of carbonyl (C=O) groups excluding carboxylic acids is 3. The molecular formula is C18H17N2O6-. The number of furan rings is 1. The van der Waals surface area contributed by atoms with Crippen LogP contribution in [0, 0.1) is 0 Å². The first kappa shape index (κ1) is 18.8. The Morgan fingerprint density at radius 2 is 1.92 bits per heavy atom. The second-order valence-corrected chi connectivity index (χ2v) is 5.14. The van der Waals surface area contributed by atoms with E-state index < -0.39 is 17.8 Å². The van der Waals surface area contributed by atoms with Crippen molar-refractivity contribution in [1.82, 2.24) is 10.6 Å². The van der Waals surface area contributed by atoms with Crippen molar-refractivity contribution in [2.45, 2.75) is 6.42 Å². The maximum absolute atomic E-state index is 12.3. The van der Waals surface area contributed by atoms with E-state index in [0.29, 0.717) is 11.3 Å². The number of nitrogens with one attached hydrogen (secondary N) is 2. The first-order valence-electron chi connectivity index (χ1n) is 7.68. The van der Waals surface area contributed by atoms with Gasteiger partial charge in [-0.05, 0) is 35.9 Å². The fourth-order valence-electron chi connectivity index (χ4n) is 1.99. The zero-order chi connectivity index (χ0) is 18.9. The molecule has 0 saturated carbocycles. The summed E-state index contributed by atoms with van der Waals surface area (Å²) in [6, 6.07) is 9.80. The van der Waals surface area contributed by atoms with Crippen LogP contribution in [0.15, 0.2) is 52.8 Å². The third kappa shape index (κ3) is 5.52. The lowest BCUT2D eigenvalue weighted by Gasteiger charge is -2.11. The number of hydrogen-bond donors (Lipinski definition) is 2. The van der Waals surface area contributed by atoms with E-state index in [1.54, 1.807) is 30.3 Å². The smallest absolute Gasteiger partial charge is 0.291 e. The van der Waals surface area contributed by atoms with E-state index in [9.17, 15) is 19.5 Å². The summed E-state index contributed by atoms with van der Waals surface area (Å²) >= 11 is 0.